The van der Waals surface area contributed by atoms with E-state index in [0.29, 0.717) is 35.0 Å². The van der Waals surface area contributed by atoms with E-state index in [4.69, 9.17) is 4.52 Å². The molecule has 2 aromatic carbocycles. The Morgan fingerprint density at radius 2 is 1.92 bits per heavy atom. The van der Waals surface area contributed by atoms with Crippen LogP contribution >= 0.6 is 0 Å². The van der Waals surface area contributed by atoms with E-state index in [1.54, 1.807) is 37.5 Å². The number of aromatic nitrogens is 2. The third-order valence-electron chi connectivity index (χ3n) is 6.96. The summed E-state index contributed by atoms with van der Waals surface area (Å²) in [5.74, 6) is -0.675. The molecule has 0 spiro atoms. The van der Waals surface area contributed by atoms with Crippen molar-refractivity contribution < 1.29 is 14.4 Å². The molecule has 3 heterocycles. The van der Waals surface area contributed by atoms with Gasteiger partial charge < -0.3 is 20.3 Å². The van der Waals surface area contributed by atoms with E-state index in [-0.39, 0.29) is 12.3 Å². The predicted octanol–water partition coefficient (Wildman–Crippen LogP) is 3.47. The highest BCUT2D eigenvalue weighted by molar-refractivity contribution is 5.99. The second-order valence-corrected chi connectivity index (χ2v) is 9.34. The number of amides is 1. The molecule has 2 aromatic heterocycles. The maximum atomic E-state index is 13.7. The van der Waals surface area contributed by atoms with E-state index in [0.717, 1.165) is 29.8 Å². The smallest absolute Gasteiger partial charge is 0.366 e. The summed E-state index contributed by atoms with van der Waals surface area (Å²) >= 11 is 0. The molecule has 0 saturated carbocycles. The van der Waals surface area contributed by atoms with Crippen LogP contribution in [0.2, 0.25) is 0 Å². The lowest BCUT2D eigenvalue weighted by Gasteiger charge is -2.37. The molecule has 1 saturated heterocycles. The number of aryl methyl sites for hydroxylation is 1. The summed E-state index contributed by atoms with van der Waals surface area (Å²) in [7, 11) is 0. The molecule has 4 aromatic rings. The van der Waals surface area contributed by atoms with Crippen LogP contribution in [0.15, 0.2) is 76.3 Å². The standard InChI is InChI=1S/C28H28N4O4/c1-18-25-15-23(7-8-24(25)26(33)36-32-18)31-27(34)28(35,22-9-12-29-13-10-22)16-19-4-2-5-20(14-19)21-6-3-11-30-17-21/h2-8,11,14-15,17,22,29,35H,9-10,12-13,16H2,1H3,(H,31,34). The molecule has 0 bridgehead atoms. The van der Waals surface area contributed by atoms with Crippen LogP contribution in [0.25, 0.3) is 21.9 Å². The summed E-state index contributed by atoms with van der Waals surface area (Å²) in [5, 5.41) is 22.9. The molecule has 1 aliphatic heterocycles. The molecule has 0 aliphatic carbocycles. The Kier molecular flexibility index (Phi) is 6.63. The number of hydrogen-bond acceptors (Lipinski definition) is 7. The highest BCUT2D eigenvalue weighted by atomic mass is 16.5. The first-order valence-corrected chi connectivity index (χ1v) is 12.1. The molecule has 1 fully saturated rings. The molecule has 8 nitrogen and oxygen atoms in total. The number of anilines is 1. The number of nitrogens with zero attached hydrogens (tertiary/aromatic N) is 2. The average Bonchev–Trinajstić information content (AvgIpc) is 2.92. The summed E-state index contributed by atoms with van der Waals surface area (Å²) in [6.07, 6.45) is 5.07. The van der Waals surface area contributed by atoms with E-state index in [1.165, 1.54) is 0 Å². The Morgan fingerprint density at radius 3 is 2.69 bits per heavy atom. The van der Waals surface area contributed by atoms with Gasteiger partial charge in [0, 0.05) is 29.9 Å². The molecular weight excluding hydrogens is 456 g/mol. The van der Waals surface area contributed by atoms with E-state index in [2.05, 4.69) is 20.8 Å². The van der Waals surface area contributed by atoms with E-state index in [9.17, 15) is 14.7 Å². The Balaban J connectivity index is 1.46. The minimum atomic E-state index is -1.62. The van der Waals surface area contributed by atoms with Gasteiger partial charge in [-0.25, -0.2) is 4.79 Å². The maximum absolute atomic E-state index is 13.7. The fraction of sp³-hybridized carbons (Fsp3) is 0.286. The number of rotatable bonds is 6. The Morgan fingerprint density at radius 1 is 1.11 bits per heavy atom. The third kappa shape index (κ3) is 4.78. The van der Waals surface area contributed by atoms with Crippen LogP contribution in [0.1, 0.15) is 24.1 Å². The molecule has 184 valence electrons. The van der Waals surface area contributed by atoms with Crippen LogP contribution in [0.4, 0.5) is 5.69 Å². The predicted molar refractivity (Wildman–Crippen MR) is 138 cm³/mol. The van der Waals surface area contributed by atoms with Gasteiger partial charge in [-0.3, -0.25) is 9.78 Å². The van der Waals surface area contributed by atoms with Crippen molar-refractivity contribution in [1.82, 2.24) is 15.5 Å². The van der Waals surface area contributed by atoms with Crippen molar-refractivity contribution in [3.63, 3.8) is 0 Å². The lowest BCUT2D eigenvalue weighted by atomic mass is 9.76. The Bertz CT molecular complexity index is 1450. The zero-order valence-electron chi connectivity index (χ0n) is 20.0. The zero-order valence-corrected chi connectivity index (χ0v) is 20.0. The first-order valence-electron chi connectivity index (χ1n) is 12.1. The van der Waals surface area contributed by atoms with Crippen molar-refractivity contribution in [3.05, 3.63) is 88.7 Å². The van der Waals surface area contributed by atoms with Gasteiger partial charge in [-0.1, -0.05) is 35.5 Å². The van der Waals surface area contributed by atoms with Crippen molar-refractivity contribution in [2.45, 2.75) is 31.8 Å². The van der Waals surface area contributed by atoms with Crippen molar-refractivity contribution >= 4 is 22.4 Å². The zero-order chi connectivity index (χ0) is 25.1. The van der Waals surface area contributed by atoms with Crippen LogP contribution in [0.5, 0.6) is 0 Å². The lowest BCUT2D eigenvalue weighted by molar-refractivity contribution is -0.141. The molecule has 36 heavy (non-hydrogen) atoms. The van der Waals surface area contributed by atoms with Crippen LogP contribution in [-0.2, 0) is 11.2 Å². The van der Waals surface area contributed by atoms with Gasteiger partial charge in [0.05, 0.1) is 11.1 Å². The first-order chi connectivity index (χ1) is 17.4. The fourth-order valence-electron chi connectivity index (χ4n) is 4.96. The molecule has 3 N–H and O–H groups in total. The van der Waals surface area contributed by atoms with Crippen LogP contribution in [0, 0.1) is 12.8 Å². The number of carbonyl (C=O) groups is 1. The molecule has 1 aliphatic rings. The van der Waals surface area contributed by atoms with Crippen LogP contribution in [-0.4, -0.2) is 39.8 Å². The second-order valence-electron chi connectivity index (χ2n) is 9.34. The normalized spacial score (nSPS) is 15.9. The monoisotopic (exact) mass is 484 g/mol. The SMILES string of the molecule is Cc1noc(=O)c2ccc(NC(=O)C(O)(Cc3cccc(-c4cccnc4)c3)C3CCNCC3)cc12. The number of pyridine rings is 1. The van der Waals surface area contributed by atoms with Crippen molar-refractivity contribution in [3.8, 4) is 11.1 Å². The van der Waals surface area contributed by atoms with Gasteiger partial charge >= 0.3 is 5.63 Å². The quantitative estimate of drug-likeness (QED) is 0.384. The van der Waals surface area contributed by atoms with Gasteiger partial charge in [0.2, 0.25) is 0 Å². The van der Waals surface area contributed by atoms with Crippen molar-refractivity contribution in [1.29, 1.82) is 0 Å². The molecule has 8 heteroatoms. The maximum Gasteiger partial charge on any atom is 0.366 e. The topological polar surface area (TPSA) is 117 Å². The van der Waals surface area contributed by atoms with Gasteiger partial charge in [0.1, 0.15) is 5.60 Å². The Labute approximate surface area is 208 Å². The van der Waals surface area contributed by atoms with Gasteiger partial charge in [0.25, 0.3) is 5.91 Å². The molecule has 1 atom stereocenters. The summed E-state index contributed by atoms with van der Waals surface area (Å²) in [4.78, 5) is 29.9. The van der Waals surface area contributed by atoms with Gasteiger partial charge in [-0.15, -0.1) is 0 Å². The minimum Gasteiger partial charge on any atom is -0.379 e. The second kappa shape index (κ2) is 10.0. The van der Waals surface area contributed by atoms with Gasteiger partial charge in [0.15, 0.2) is 0 Å². The van der Waals surface area contributed by atoms with Gasteiger partial charge in [-0.2, -0.15) is 0 Å². The van der Waals surface area contributed by atoms with Crippen molar-refractivity contribution in [2.24, 2.45) is 5.92 Å². The molecule has 1 amide bonds. The highest BCUT2D eigenvalue weighted by Crippen LogP contribution is 2.32. The third-order valence-corrected chi connectivity index (χ3v) is 6.96. The van der Waals surface area contributed by atoms with Crippen LogP contribution in [0.3, 0.4) is 0 Å². The summed E-state index contributed by atoms with van der Waals surface area (Å²) in [6.45, 7) is 3.22. The molecule has 1 unspecified atom stereocenters. The minimum absolute atomic E-state index is 0.176. The van der Waals surface area contributed by atoms with Crippen molar-refractivity contribution in [2.75, 3.05) is 18.4 Å². The summed E-state index contributed by atoms with van der Waals surface area (Å²) < 4.78 is 4.79. The average molecular weight is 485 g/mol. The molecular formula is C28H28N4O4. The molecule has 5 rings (SSSR count). The van der Waals surface area contributed by atoms with E-state index < -0.39 is 17.1 Å². The summed E-state index contributed by atoms with van der Waals surface area (Å²) in [6, 6.07) is 16.7. The van der Waals surface area contributed by atoms with E-state index >= 15 is 0 Å². The number of hydrogen-bond donors (Lipinski definition) is 3. The summed E-state index contributed by atoms with van der Waals surface area (Å²) in [5.41, 5.74) is 1.69. The van der Waals surface area contributed by atoms with Gasteiger partial charge in [-0.05, 0) is 79.7 Å². The van der Waals surface area contributed by atoms with E-state index in [1.807, 2.05) is 36.4 Å². The highest BCUT2D eigenvalue weighted by Gasteiger charge is 2.44. The number of aliphatic hydroxyl groups is 1. The number of nitrogens with one attached hydrogen (secondary N) is 2. The number of fused-ring (bicyclic) bond motifs is 1. The molecule has 0 radical (unpaired) electrons. The van der Waals surface area contributed by atoms with Crippen LogP contribution < -0.4 is 16.3 Å². The fourth-order valence-corrected chi connectivity index (χ4v) is 4.96. The number of carbonyl (C=O) groups excluding carboxylic acids is 1. The number of benzene rings is 2. The number of piperidine rings is 1. The largest absolute Gasteiger partial charge is 0.379 e. The Hall–Kier alpha value is -3.88. The lowest BCUT2D eigenvalue weighted by Crippen LogP contribution is -2.53. The first kappa shape index (κ1) is 23.8.